The molecule has 224 valence electrons. The Morgan fingerprint density at radius 2 is 1.19 bits per heavy atom. The van der Waals surface area contributed by atoms with Crippen LogP contribution in [0.3, 0.4) is 0 Å². The van der Waals surface area contributed by atoms with E-state index in [0.717, 1.165) is 22.3 Å². The number of benzene rings is 4. The molecule has 8 heteroatoms. The van der Waals surface area contributed by atoms with Gasteiger partial charge in [-0.2, -0.15) is 0 Å². The van der Waals surface area contributed by atoms with Crippen molar-refractivity contribution in [3.63, 3.8) is 0 Å². The van der Waals surface area contributed by atoms with Gasteiger partial charge < -0.3 is 29.2 Å². The maximum atomic E-state index is 14.1. The number of nitrogens with one attached hydrogen (secondary N) is 1. The van der Waals surface area contributed by atoms with Gasteiger partial charge in [0.1, 0.15) is 6.04 Å². The number of nitrogens with zero attached hydrogens (tertiary/aromatic N) is 1. The van der Waals surface area contributed by atoms with E-state index >= 15 is 0 Å². The fourth-order valence-corrected chi connectivity index (χ4v) is 4.94. The fourth-order valence-electron chi connectivity index (χ4n) is 4.94. The van der Waals surface area contributed by atoms with E-state index in [9.17, 15) is 9.59 Å². The van der Waals surface area contributed by atoms with Crippen molar-refractivity contribution in [1.82, 2.24) is 10.2 Å². The quantitative estimate of drug-likeness (QED) is 0.215. The third-order valence-electron chi connectivity index (χ3n) is 7.16. The van der Waals surface area contributed by atoms with Crippen LogP contribution in [0.1, 0.15) is 28.3 Å². The Balaban J connectivity index is 1.61. The Morgan fingerprint density at radius 3 is 1.77 bits per heavy atom. The van der Waals surface area contributed by atoms with Crippen molar-refractivity contribution < 1.29 is 28.5 Å². The molecule has 0 heterocycles. The van der Waals surface area contributed by atoms with E-state index in [0.29, 0.717) is 36.0 Å². The molecule has 2 amide bonds. The van der Waals surface area contributed by atoms with Crippen LogP contribution in [0.2, 0.25) is 0 Å². The maximum absolute atomic E-state index is 14.1. The zero-order chi connectivity index (χ0) is 30.6. The molecular weight excluding hydrogens is 544 g/mol. The number of hydrogen-bond acceptors (Lipinski definition) is 6. The Morgan fingerprint density at radius 1 is 0.651 bits per heavy atom. The smallest absolute Gasteiger partial charge is 0.247 e. The van der Waals surface area contributed by atoms with Gasteiger partial charge in [-0.25, -0.2) is 0 Å². The molecule has 4 aromatic carbocycles. The second kappa shape index (κ2) is 15.3. The molecular formula is C35H38N2O6. The molecule has 0 fully saturated rings. The minimum absolute atomic E-state index is 0.0788. The van der Waals surface area contributed by atoms with Gasteiger partial charge in [0.15, 0.2) is 23.0 Å². The van der Waals surface area contributed by atoms with Crippen molar-refractivity contribution in [2.45, 2.75) is 25.4 Å². The van der Waals surface area contributed by atoms with Gasteiger partial charge in [0.05, 0.1) is 34.9 Å². The number of ether oxygens (including phenoxy) is 4. The first-order valence-corrected chi connectivity index (χ1v) is 14.0. The highest BCUT2D eigenvalue weighted by Gasteiger charge is 2.31. The molecule has 1 N–H and O–H groups in total. The Kier molecular flexibility index (Phi) is 11.0. The molecule has 0 spiro atoms. The molecule has 4 rings (SSSR count). The molecule has 0 aliphatic carbocycles. The van der Waals surface area contributed by atoms with E-state index in [1.807, 2.05) is 84.9 Å². The molecule has 0 radical (unpaired) electrons. The molecule has 0 saturated heterocycles. The summed E-state index contributed by atoms with van der Waals surface area (Å²) in [4.78, 5) is 29.7. The number of carbonyl (C=O) groups excluding carboxylic acids is 2. The van der Waals surface area contributed by atoms with E-state index in [2.05, 4.69) is 5.32 Å². The second-order valence-corrected chi connectivity index (χ2v) is 9.92. The topological polar surface area (TPSA) is 86.3 Å². The summed E-state index contributed by atoms with van der Waals surface area (Å²) in [5.74, 6) is 1.93. The predicted octanol–water partition coefficient (Wildman–Crippen LogP) is 5.39. The van der Waals surface area contributed by atoms with Crippen LogP contribution in [0, 0.1) is 0 Å². The summed E-state index contributed by atoms with van der Waals surface area (Å²) in [7, 11) is 6.31. The fraction of sp³-hybridized carbons (Fsp3) is 0.257. The van der Waals surface area contributed by atoms with Crippen molar-refractivity contribution in [2.24, 2.45) is 0 Å². The number of rotatable bonds is 14. The zero-order valence-electron chi connectivity index (χ0n) is 25.0. The van der Waals surface area contributed by atoms with Gasteiger partial charge in [-0.05, 0) is 52.9 Å². The first-order valence-electron chi connectivity index (χ1n) is 14.0. The van der Waals surface area contributed by atoms with Gasteiger partial charge in [0, 0.05) is 13.1 Å². The molecule has 0 saturated carbocycles. The van der Waals surface area contributed by atoms with Crippen LogP contribution in [0.4, 0.5) is 0 Å². The standard InChI is InChI=1S/C35H38N2O6/c1-40-29-17-15-25(21-31(29)42-3)19-20-36-35(39)34(28-13-9-6-10-14-28)37(24-26-11-7-5-8-12-26)33(38)23-27-16-18-30(41-2)32(22-27)43-4/h5-18,21-22,34H,19-20,23-24H2,1-4H3,(H,36,39)/t34-/m0/s1. The van der Waals surface area contributed by atoms with Crippen LogP contribution >= 0.6 is 0 Å². The predicted molar refractivity (Wildman–Crippen MR) is 166 cm³/mol. The largest absolute Gasteiger partial charge is 0.493 e. The van der Waals surface area contributed by atoms with Crippen molar-refractivity contribution in [3.05, 3.63) is 119 Å². The van der Waals surface area contributed by atoms with Crippen LogP contribution in [-0.4, -0.2) is 51.7 Å². The Labute approximate surface area is 253 Å². The van der Waals surface area contributed by atoms with Gasteiger partial charge in [0.25, 0.3) is 0 Å². The number of hydrogen-bond donors (Lipinski definition) is 1. The van der Waals surface area contributed by atoms with Crippen LogP contribution in [0.5, 0.6) is 23.0 Å². The number of methoxy groups -OCH3 is 4. The van der Waals surface area contributed by atoms with Crippen molar-refractivity contribution in [1.29, 1.82) is 0 Å². The maximum Gasteiger partial charge on any atom is 0.247 e. The summed E-state index contributed by atoms with van der Waals surface area (Å²) >= 11 is 0. The third kappa shape index (κ3) is 8.07. The molecule has 0 aliphatic heterocycles. The number of carbonyl (C=O) groups is 2. The number of amides is 2. The van der Waals surface area contributed by atoms with E-state index < -0.39 is 6.04 Å². The van der Waals surface area contributed by atoms with Crippen LogP contribution in [0.15, 0.2) is 97.1 Å². The molecule has 0 unspecified atom stereocenters. The Bertz CT molecular complexity index is 1490. The highest BCUT2D eigenvalue weighted by Crippen LogP contribution is 2.30. The van der Waals surface area contributed by atoms with E-state index in [-0.39, 0.29) is 24.8 Å². The summed E-state index contributed by atoms with van der Waals surface area (Å²) in [6, 6.07) is 29.3. The molecule has 0 bridgehead atoms. The van der Waals surface area contributed by atoms with Gasteiger partial charge in [0.2, 0.25) is 11.8 Å². The van der Waals surface area contributed by atoms with Crippen molar-refractivity contribution >= 4 is 11.8 Å². The lowest BCUT2D eigenvalue weighted by Crippen LogP contribution is -2.44. The SMILES string of the molecule is COc1ccc(CCNC(=O)[C@H](c2ccccc2)N(Cc2ccccc2)C(=O)Cc2ccc(OC)c(OC)c2)cc1OC. The van der Waals surface area contributed by atoms with Crippen LogP contribution < -0.4 is 24.3 Å². The highest BCUT2D eigenvalue weighted by atomic mass is 16.5. The molecule has 0 aliphatic rings. The summed E-state index contributed by atoms with van der Waals surface area (Å²) in [6.45, 7) is 0.635. The van der Waals surface area contributed by atoms with Crippen molar-refractivity contribution in [2.75, 3.05) is 35.0 Å². The van der Waals surface area contributed by atoms with Crippen LogP contribution in [0.25, 0.3) is 0 Å². The van der Waals surface area contributed by atoms with Gasteiger partial charge in [-0.1, -0.05) is 72.8 Å². The third-order valence-corrected chi connectivity index (χ3v) is 7.16. The second-order valence-electron chi connectivity index (χ2n) is 9.92. The van der Waals surface area contributed by atoms with E-state index in [4.69, 9.17) is 18.9 Å². The Hall–Kier alpha value is -4.98. The lowest BCUT2D eigenvalue weighted by atomic mass is 10.0. The summed E-state index contributed by atoms with van der Waals surface area (Å²) in [6.07, 6.45) is 0.654. The summed E-state index contributed by atoms with van der Waals surface area (Å²) < 4.78 is 21.6. The van der Waals surface area contributed by atoms with Gasteiger partial charge in [-0.15, -0.1) is 0 Å². The molecule has 8 nitrogen and oxygen atoms in total. The highest BCUT2D eigenvalue weighted by molar-refractivity contribution is 5.89. The first-order chi connectivity index (χ1) is 21.0. The minimum atomic E-state index is -0.848. The minimum Gasteiger partial charge on any atom is -0.493 e. The average Bonchev–Trinajstić information content (AvgIpc) is 3.05. The summed E-state index contributed by atoms with van der Waals surface area (Å²) in [5, 5.41) is 3.07. The molecule has 43 heavy (non-hydrogen) atoms. The normalized spacial score (nSPS) is 11.3. The lowest BCUT2D eigenvalue weighted by molar-refractivity contribution is -0.141. The van der Waals surface area contributed by atoms with E-state index in [1.165, 1.54) is 0 Å². The summed E-state index contributed by atoms with van der Waals surface area (Å²) in [5.41, 5.74) is 3.38. The lowest BCUT2D eigenvalue weighted by Gasteiger charge is -2.32. The average molecular weight is 583 g/mol. The zero-order valence-corrected chi connectivity index (χ0v) is 25.0. The molecule has 0 aromatic heterocycles. The molecule has 4 aromatic rings. The van der Waals surface area contributed by atoms with Gasteiger partial charge in [-0.3, -0.25) is 9.59 Å². The van der Waals surface area contributed by atoms with Gasteiger partial charge >= 0.3 is 0 Å². The van der Waals surface area contributed by atoms with Crippen LogP contribution in [-0.2, 0) is 29.0 Å². The first kappa shape index (κ1) is 31.0. The monoisotopic (exact) mass is 582 g/mol. The van der Waals surface area contributed by atoms with Crippen molar-refractivity contribution in [3.8, 4) is 23.0 Å². The molecule has 1 atom stereocenters. The van der Waals surface area contributed by atoms with E-state index in [1.54, 1.807) is 45.5 Å².